The summed E-state index contributed by atoms with van der Waals surface area (Å²) in [5, 5.41) is 4.09. The van der Waals surface area contributed by atoms with Gasteiger partial charge in [0, 0.05) is 33.2 Å². The minimum absolute atomic E-state index is 0.0443. The summed E-state index contributed by atoms with van der Waals surface area (Å²) in [7, 11) is -3.94. The summed E-state index contributed by atoms with van der Waals surface area (Å²) in [6, 6.07) is 8.44. The summed E-state index contributed by atoms with van der Waals surface area (Å²) in [6.07, 6.45) is 5.10. The van der Waals surface area contributed by atoms with E-state index in [1.165, 1.54) is 23.1 Å². The van der Waals surface area contributed by atoms with Crippen LogP contribution in [0, 0.1) is 0 Å². The van der Waals surface area contributed by atoms with Crippen LogP contribution in [0.2, 0.25) is 20.1 Å². The molecular weight excluding hydrogens is 580 g/mol. The highest BCUT2D eigenvalue weighted by atomic mass is 35.5. The summed E-state index contributed by atoms with van der Waals surface area (Å²) < 4.78 is 26.4. The van der Waals surface area contributed by atoms with Gasteiger partial charge in [0.2, 0.25) is 21.8 Å². The third-order valence-electron chi connectivity index (χ3n) is 6.34. The standard InChI is InChI=1S/C25H29Cl4N3O4S/c1-3-22(25(34)30-17-7-4-5-8-17)31(14-18-19(27)9-6-10-20(18)28)24(33)15-32(37(2,35)36)23-12-11-16(26)13-21(23)29/h6,9-13,17,22H,3-5,7-8,14-15H2,1-2H3,(H,30,34). The zero-order valence-corrected chi connectivity index (χ0v) is 24.4. The van der Waals surface area contributed by atoms with Crippen LogP contribution in [0.1, 0.15) is 44.6 Å². The zero-order chi connectivity index (χ0) is 27.3. The Kier molecular flexibility index (Phi) is 10.4. The molecule has 37 heavy (non-hydrogen) atoms. The molecule has 1 aliphatic carbocycles. The minimum Gasteiger partial charge on any atom is -0.352 e. The van der Waals surface area contributed by atoms with E-state index >= 15 is 0 Å². The van der Waals surface area contributed by atoms with Gasteiger partial charge in [-0.15, -0.1) is 0 Å². The molecule has 2 aromatic carbocycles. The molecule has 7 nitrogen and oxygen atoms in total. The molecule has 2 amide bonds. The molecule has 3 rings (SSSR count). The monoisotopic (exact) mass is 607 g/mol. The number of sulfonamides is 1. The van der Waals surface area contributed by atoms with E-state index in [-0.39, 0.29) is 29.2 Å². The average molecular weight is 609 g/mol. The third-order valence-corrected chi connectivity index (χ3v) is 8.71. The van der Waals surface area contributed by atoms with Gasteiger partial charge in [-0.1, -0.05) is 72.2 Å². The zero-order valence-electron chi connectivity index (χ0n) is 20.5. The number of amides is 2. The molecule has 1 atom stereocenters. The molecule has 0 aliphatic heterocycles. The van der Waals surface area contributed by atoms with Crippen LogP contribution in [0.25, 0.3) is 0 Å². The molecule has 1 aliphatic rings. The van der Waals surface area contributed by atoms with Crippen LogP contribution in [0.5, 0.6) is 0 Å². The van der Waals surface area contributed by atoms with Crippen molar-refractivity contribution in [1.29, 1.82) is 0 Å². The lowest BCUT2D eigenvalue weighted by Crippen LogP contribution is -2.53. The van der Waals surface area contributed by atoms with E-state index in [0.29, 0.717) is 27.1 Å². The van der Waals surface area contributed by atoms with Crippen molar-refractivity contribution in [2.75, 3.05) is 17.1 Å². The number of nitrogens with one attached hydrogen (secondary N) is 1. The number of benzene rings is 2. The summed E-state index contributed by atoms with van der Waals surface area (Å²) in [5.74, 6) is -0.915. The lowest BCUT2D eigenvalue weighted by molar-refractivity contribution is -0.140. The fraction of sp³-hybridized carbons (Fsp3) is 0.440. The number of nitrogens with zero attached hydrogens (tertiary/aromatic N) is 2. The number of hydrogen-bond acceptors (Lipinski definition) is 4. The van der Waals surface area contributed by atoms with E-state index in [9.17, 15) is 18.0 Å². The van der Waals surface area contributed by atoms with Crippen LogP contribution < -0.4 is 9.62 Å². The first-order valence-corrected chi connectivity index (χ1v) is 15.2. The predicted molar refractivity (Wildman–Crippen MR) is 150 cm³/mol. The van der Waals surface area contributed by atoms with Crippen LogP contribution in [-0.4, -0.2) is 50.0 Å². The fourth-order valence-electron chi connectivity index (χ4n) is 4.42. The van der Waals surface area contributed by atoms with Gasteiger partial charge >= 0.3 is 0 Å². The Bertz CT molecular complexity index is 1230. The van der Waals surface area contributed by atoms with Gasteiger partial charge in [0.1, 0.15) is 12.6 Å². The number of carbonyl (C=O) groups excluding carboxylic acids is 2. The first-order chi connectivity index (χ1) is 17.4. The Hall–Kier alpha value is -1.71. The van der Waals surface area contributed by atoms with Crippen molar-refractivity contribution in [3.05, 3.63) is 62.1 Å². The maximum Gasteiger partial charge on any atom is 0.244 e. The van der Waals surface area contributed by atoms with Gasteiger partial charge in [-0.3, -0.25) is 13.9 Å². The molecule has 1 saturated carbocycles. The molecule has 1 fully saturated rings. The Labute approximate surface area is 238 Å². The molecule has 2 aromatic rings. The second kappa shape index (κ2) is 12.9. The van der Waals surface area contributed by atoms with Crippen molar-refractivity contribution < 1.29 is 18.0 Å². The third kappa shape index (κ3) is 7.67. The number of anilines is 1. The number of halogens is 4. The van der Waals surface area contributed by atoms with Gasteiger partial charge in [0.15, 0.2) is 0 Å². The quantitative estimate of drug-likeness (QED) is 0.362. The van der Waals surface area contributed by atoms with E-state index in [1.807, 2.05) is 0 Å². The normalized spacial score (nSPS) is 14.9. The summed E-state index contributed by atoms with van der Waals surface area (Å²) in [5.41, 5.74) is 0.558. The number of carbonyl (C=O) groups is 2. The molecular formula is C25H29Cl4N3O4S. The first-order valence-electron chi connectivity index (χ1n) is 11.9. The van der Waals surface area contributed by atoms with Gasteiger partial charge in [-0.05, 0) is 49.6 Å². The van der Waals surface area contributed by atoms with Crippen LogP contribution in [0.3, 0.4) is 0 Å². The molecule has 0 heterocycles. The lowest BCUT2D eigenvalue weighted by Gasteiger charge is -2.34. The second-order valence-corrected chi connectivity index (χ2v) is 12.6. The molecule has 0 radical (unpaired) electrons. The Balaban J connectivity index is 1.99. The lowest BCUT2D eigenvalue weighted by atomic mass is 10.1. The van der Waals surface area contributed by atoms with Gasteiger partial charge < -0.3 is 10.2 Å². The summed E-state index contributed by atoms with van der Waals surface area (Å²) in [4.78, 5) is 28.5. The molecule has 0 bridgehead atoms. The first kappa shape index (κ1) is 29.8. The van der Waals surface area contributed by atoms with Crippen molar-refractivity contribution in [3.8, 4) is 0 Å². The largest absolute Gasteiger partial charge is 0.352 e. The second-order valence-electron chi connectivity index (χ2n) is 9.00. The van der Waals surface area contributed by atoms with Crippen molar-refractivity contribution in [2.45, 2.75) is 57.7 Å². The number of hydrogen-bond donors (Lipinski definition) is 1. The van der Waals surface area contributed by atoms with Gasteiger partial charge in [0.25, 0.3) is 0 Å². The van der Waals surface area contributed by atoms with E-state index in [2.05, 4.69) is 5.32 Å². The molecule has 12 heteroatoms. The van der Waals surface area contributed by atoms with Crippen molar-refractivity contribution >= 4 is 73.9 Å². The predicted octanol–water partition coefficient (Wildman–Crippen LogP) is 5.93. The van der Waals surface area contributed by atoms with Crippen LogP contribution in [0.4, 0.5) is 5.69 Å². The van der Waals surface area contributed by atoms with Crippen LogP contribution >= 0.6 is 46.4 Å². The van der Waals surface area contributed by atoms with Crippen LogP contribution in [0.15, 0.2) is 36.4 Å². The van der Waals surface area contributed by atoms with Crippen LogP contribution in [-0.2, 0) is 26.2 Å². The maximum atomic E-state index is 13.8. The highest BCUT2D eigenvalue weighted by molar-refractivity contribution is 7.92. The average Bonchev–Trinajstić information content (AvgIpc) is 3.32. The molecule has 1 N–H and O–H groups in total. The minimum atomic E-state index is -3.94. The van der Waals surface area contributed by atoms with E-state index in [1.54, 1.807) is 25.1 Å². The van der Waals surface area contributed by atoms with E-state index in [0.717, 1.165) is 36.2 Å². The highest BCUT2D eigenvalue weighted by Gasteiger charge is 2.34. The Morgan fingerprint density at radius 1 is 1.03 bits per heavy atom. The maximum absolute atomic E-state index is 13.8. The molecule has 0 aromatic heterocycles. The summed E-state index contributed by atoms with van der Waals surface area (Å²) in [6.45, 7) is 1.12. The Morgan fingerprint density at radius 2 is 1.65 bits per heavy atom. The SMILES string of the molecule is CCC(C(=O)NC1CCCC1)N(Cc1c(Cl)cccc1Cl)C(=O)CN(c1ccc(Cl)cc1Cl)S(C)(=O)=O. The van der Waals surface area contributed by atoms with E-state index < -0.39 is 28.5 Å². The summed E-state index contributed by atoms with van der Waals surface area (Å²) >= 11 is 25.1. The molecule has 202 valence electrons. The molecule has 0 saturated heterocycles. The van der Waals surface area contributed by atoms with Crippen molar-refractivity contribution in [3.63, 3.8) is 0 Å². The van der Waals surface area contributed by atoms with E-state index in [4.69, 9.17) is 46.4 Å². The number of rotatable bonds is 10. The fourth-order valence-corrected chi connectivity index (χ4v) is 6.36. The van der Waals surface area contributed by atoms with Gasteiger partial charge in [-0.25, -0.2) is 8.42 Å². The highest BCUT2D eigenvalue weighted by Crippen LogP contribution is 2.31. The smallest absolute Gasteiger partial charge is 0.244 e. The molecule has 1 unspecified atom stereocenters. The Morgan fingerprint density at radius 3 is 2.19 bits per heavy atom. The van der Waals surface area contributed by atoms with Gasteiger partial charge in [0.05, 0.1) is 17.0 Å². The van der Waals surface area contributed by atoms with Gasteiger partial charge in [-0.2, -0.15) is 0 Å². The topological polar surface area (TPSA) is 86.8 Å². The molecule has 0 spiro atoms. The van der Waals surface area contributed by atoms with Crippen molar-refractivity contribution in [2.24, 2.45) is 0 Å². The van der Waals surface area contributed by atoms with Crippen molar-refractivity contribution in [1.82, 2.24) is 10.2 Å².